The predicted molar refractivity (Wildman–Crippen MR) is 102 cm³/mol. The van der Waals surface area contributed by atoms with E-state index in [-0.39, 0.29) is 22.9 Å². The molecular weight excluding hydrogens is 312 g/mol. The van der Waals surface area contributed by atoms with E-state index in [0.29, 0.717) is 24.4 Å². The van der Waals surface area contributed by atoms with Gasteiger partial charge in [0.05, 0.1) is 12.7 Å². The summed E-state index contributed by atoms with van der Waals surface area (Å²) in [6.45, 7) is 15.6. The number of esters is 1. The summed E-state index contributed by atoms with van der Waals surface area (Å²) < 4.78 is 5.09. The van der Waals surface area contributed by atoms with Crippen LogP contribution in [0.5, 0.6) is 0 Å². The molecule has 2 saturated carbocycles. The summed E-state index contributed by atoms with van der Waals surface area (Å²) >= 11 is 0. The zero-order valence-corrected chi connectivity index (χ0v) is 16.9. The second-order valence-electron chi connectivity index (χ2n) is 9.49. The van der Waals surface area contributed by atoms with E-state index in [9.17, 15) is 9.90 Å². The normalized spacial score (nSPS) is 35.8. The molecular formula is C22H38O3. The van der Waals surface area contributed by atoms with Gasteiger partial charge in [-0.3, -0.25) is 4.79 Å². The standard InChI is InChI=1S/C22H38O3/c1-15(12-14-25-17(3)23)7-9-18-16(2)8-10-19-21(4,5)20(24)11-13-22(18,19)6/h15,18-20,24H,2,7-14H2,1,3-6H3/t15-,18+,19+,20+,22+/m0/s1. The van der Waals surface area contributed by atoms with Crippen LogP contribution in [0.4, 0.5) is 0 Å². The van der Waals surface area contributed by atoms with E-state index in [2.05, 4.69) is 34.3 Å². The van der Waals surface area contributed by atoms with Gasteiger partial charge in [-0.1, -0.05) is 39.8 Å². The first-order valence-electron chi connectivity index (χ1n) is 10.1. The Hall–Kier alpha value is -0.830. The highest BCUT2D eigenvalue weighted by molar-refractivity contribution is 5.65. The molecule has 2 fully saturated rings. The lowest BCUT2D eigenvalue weighted by atomic mass is 9.46. The Bertz CT molecular complexity index is 496. The minimum Gasteiger partial charge on any atom is -0.466 e. The summed E-state index contributed by atoms with van der Waals surface area (Å²) in [6, 6.07) is 0. The van der Waals surface area contributed by atoms with Crippen LogP contribution >= 0.6 is 0 Å². The van der Waals surface area contributed by atoms with Gasteiger partial charge in [0.2, 0.25) is 0 Å². The molecule has 0 aromatic rings. The molecule has 1 N–H and O–H groups in total. The van der Waals surface area contributed by atoms with Crippen LogP contribution in [-0.4, -0.2) is 23.8 Å². The van der Waals surface area contributed by atoms with E-state index in [4.69, 9.17) is 4.74 Å². The maximum atomic E-state index is 10.9. The number of aliphatic hydroxyl groups excluding tert-OH is 1. The topological polar surface area (TPSA) is 46.5 Å². The van der Waals surface area contributed by atoms with Crippen molar-refractivity contribution in [2.24, 2.45) is 28.6 Å². The molecule has 0 amide bonds. The SMILES string of the molecule is C=C1CC[C@@H]2C(C)(C)[C@H](O)CC[C@]2(C)[C@@H]1CC[C@H](C)CCOC(C)=O. The van der Waals surface area contributed by atoms with Gasteiger partial charge in [-0.25, -0.2) is 0 Å². The first-order valence-corrected chi connectivity index (χ1v) is 10.1. The first kappa shape index (κ1) is 20.5. The van der Waals surface area contributed by atoms with E-state index in [1.807, 2.05) is 0 Å². The van der Waals surface area contributed by atoms with Crippen LogP contribution in [0.15, 0.2) is 12.2 Å². The van der Waals surface area contributed by atoms with Crippen LogP contribution in [0.2, 0.25) is 0 Å². The predicted octanol–water partition coefficient (Wildman–Crippen LogP) is 5.13. The second-order valence-corrected chi connectivity index (χ2v) is 9.49. The lowest BCUT2D eigenvalue weighted by molar-refractivity contribution is -0.141. The number of carbonyl (C=O) groups is 1. The smallest absolute Gasteiger partial charge is 0.302 e. The number of hydrogen-bond donors (Lipinski definition) is 1. The van der Waals surface area contributed by atoms with Crippen LogP contribution in [0, 0.1) is 28.6 Å². The number of aliphatic hydroxyl groups is 1. The molecule has 25 heavy (non-hydrogen) atoms. The van der Waals surface area contributed by atoms with E-state index in [1.54, 1.807) is 0 Å². The molecule has 3 heteroatoms. The summed E-state index contributed by atoms with van der Waals surface area (Å²) in [4.78, 5) is 10.9. The minimum atomic E-state index is -0.189. The summed E-state index contributed by atoms with van der Waals surface area (Å²) in [7, 11) is 0. The zero-order valence-electron chi connectivity index (χ0n) is 16.9. The van der Waals surface area contributed by atoms with Crippen molar-refractivity contribution >= 4 is 5.97 Å². The van der Waals surface area contributed by atoms with Crippen molar-refractivity contribution in [2.75, 3.05) is 6.61 Å². The van der Waals surface area contributed by atoms with Gasteiger partial charge >= 0.3 is 5.97 Å². The average Bonchev–Trinajstić information content (AvgIpc) is 2.50. The molecule has 0 unspecified atom stereocenters. The van der Waals surface area contributed by atoms with Gasteiger partial charge in [0.1, 0.15) is 0 Å². The van der Waals surface area contributed by atoms with Gasteiger partial charge in [-0.2, -0.15) is 0 Å². The third-order valence-corrected chi connectivity index (χ3v) is 7.42. The van der Waals surface area contributed by atoms with E-state index in [0.717, 1.165) is 38.5 Å². The summed E-state index contributed by atoms with van der Waals surface area (Å²) in [5.41, 5.74) is 1.67. The Balaban J connectivity index is 2.01. The first-order chi connectivity index (χ1) is 11.6. The number of fused-ring (bicyclic) bond motifs is 1. The van der Waals surface area contributed by atoms with Gasteiger partial charge in [-0.15, -0.1) is 0 Å². The van der Waals surface area contributed by atoms with Crippen LogP contribution in [0.3, 0.4) is 0 Å². The molecule has 0 bridgehead atoms. The Labute approximate surface area is 154 Å². The highest BCUT2D eigenvalue weighted by Gasteiger charge is 2.55. The van der Waals surface area contributed by atoms with Crippen LogP contribution in [0.1, 0.15) is 79.6 Å². The maximum Gasteiger partial charge on any atom is 0.302 e. The fraction of sp³-hybridized carbons (Fsp3) is 0.864. The average molecular weight is 351 g/mol. The molecule has 0 aromatic carbocycles. The summed E-state index contributed by atoms with van der Waals surface area (Å²) in [5.74, 6) is 1.48. The number of allylic oxidation sites excluding steroid dienone is 1. The van der Waals surface area contributed by atoms with E-state index >= 15 is 0 Å². The Morgan fingerprint density at radius 1 is 1.32 bits per heavy atom. The monoisotopic (exact) mass is 350 g/mol. The van der Waals surface area contributed by atoms with Crippen molar-refractivity contribution in [1.82, 2.24) is 0 Å². The number of carbonyl (C=O) groups excluding carboxylic acids is 1. The molecule has 2 aliphatic carbocycles. The van der Waals surface area contributed by atoms with Gasteiger partial charge < -0.3 is 9.84 Å². The molecule has 5 atom stereocenters. The molecule has 0 radical (unpaired) electrons. The van der Waals surface area contributed by atoms with Crippen molar-refractivity contribution in [3.63, 3.8) is 0 Å². The lowest BCUT2D eigenvalue weighted by Crippen LogP contribution is -2.54. The van der Waals surface area contributed by atoms with Gasteiger partial charge in [0.15, 0.2) is 0 Å². The molecule has 0 spiro atoms. The molecule has 0 aliphatic heterocycles. The Morgan fingerprint density at radius 3 is 2.64 bits per heavy atom. The number of ether oxygens (including phenoxy) is 1. The fourth-order valence-corrected chi connectivity index (χ4v) is 5.70. The fourth-order valence-electron chi connectivity index (χ4n) is 5.70. The molecule has 0 heterocycles. The van der Waals surface area contributed by atoms with Crippen molar-refractivity contribution in [1.29, 1.82) is 0 Å². The van der Waals surface area contributed by atoms with Crippen molar-refractivity contribution in [3.05, 3.63) is 12.2 Å². The third-order valence-electron chi connectivity index (χ3n) is 7.42. The largest absolute Gasteiger partial charge is 0.466 e. The van der Waals surface area contributed by atoms with Crippen LogP contribution in [-0.2, 0) is 9.53 Å². The molecule has 0 saturated heterocycles. The summed E-state index contributed by atoms with van der Waals surface area (Å²) in [6.07, 6.45) is 7.35. The zero-order chi connectivity index (χ0) is 18.8. The maximum absolute atomic E-state index is 10.9. The van der Waals surface area contributed by atoms with E-state index < -0.39 is 0 Å². The van der Waals surface area contributed by atoms with Crippen molar-refractivity contribution in [2.45, 2.75) is 85.7 Å². The lowest BCUT2D eigenvalue weighted by Gasteiger charge is -2.59. The van der Waals surface area contributed by atoms with Crippen molar-refractivity contribution < 1.29 is 14.6 Å². The molecule has 2 rings (SSSR count). The Morgan fingerprint density at radius 2 is 2.00 bits per heavy atom. The van der Waals surface area contributed by atoms with Crippen molar-refractivity contribution in [3.8, 4) is 0 Å². The van der Waals surface area contributed by atoms with Gasteiger partial charge in [0, 0.05) is 6.92 Å². The Kier molecular flexibility index (Phi) is 6.40. The highest BCUT2D eigenvalue weighted by Crippen LogP contribution is 2.61. The number of rotatable bonds is 6. The molecule has 3 nitrogen and oxygen atoms in total. The minimum absolute atomic E-state index is 0.00705. The van der Waals surface area contributed by atoms with Crippen LogP contribution < -0.4 is 0 Å². The summed E-state index contributed by atoms with van der Waals surface area (Å²) in [5, 5.41) is 10.5. The van der Waals surface area contributed by atoms with Crippen LogP contribution in [0.25, 0.3) is 0 Å². The quantitative estimate of drug-likeness (QED) is 0.534. The second kappa shape index (κ2) is 7.82. The van der Waals surface area contributed by atoms with Gasteiger partial charge in [0.25, 0.3) is 0 Å². The molecule has 0 aromatic heterocycles. The van der Waals surface area contributed by atoms with E-state index in [1.165, 1.54) is 18.9 Å². The molecule has 144 valence electrons. The molecule has 2 aliphatic rings. The third kappa shape index (κ3) is 4.30. The highest BCUT2D eigenvalue weighted by atomic mass is 16.5. The van der Waals surface area contributed by atoms with Gasteiger partial charge in [-0.05, 0) is 73.5 Å². The number of hydrogen-bond acceptors (Lipinski definition) is 3.